The Morgan fingerprint density at radius 3 is 2.62 bits per heavy atom. The standard InChI is InChI=1S/C28H25ClN4O2S2/c1-2-18-11-13-21(14-12-18)33-16-20(15-25(33)34)27-31-32-28(37-27)30-26(35)22-8-4-6-10-24(22)36-17-19-7-3-5-9-23(19)29/h3-14,20H,2,15-17H2,1H3,(H,30,32,35). The van der Waals surface area contributed by atoms with Gasteiger partial charge in [0.25, 0.3) is 5.91 Å². The normalized spacial score (nSPS) is 15.2. The second kappa shape index (κ2) is 11.5. The highest BCUT2D eigenvalue weighted by Crippen LogP contribution is 2.35. The zero-order valence-corrected chi connectivity index (χ0v) is 22.6. The van der Waals surface area contributed by atoms with Gasteiger partial charge in [-0.3, -0.25) is 14.9 Å². The summed E-state index contributed by atoms with van der Waals surface area (Å²) in [7, 11) is 0. The lowest BCUT2D eigenvalue weighted by Gasteiger charge is -2.16. The van der Waals surface area contributed by atoms with Crippen molar-refractivity contribution >= 4 is 57.3 Å². The predicted octanol–water partition coefficient (Wildman–Crippen LogP) is 6.82. The second-order valence-electron chi connectivity index (χ2n) is 8.70. The van der Waals surface area contributed by atoms with Crippen molar-refractivity contribution in [1.82, 2.24) is 10.2 Å². The quantitative estimate of drug-likeness (QED) is 0.244. The number of aromatic nitrogens is 2. The van der Waals surface area contributed by atoms with Gasteiger partial charge in [-0.2, -0.15) is 0 Å². The summed E-state index contributed by atoms with van der Waals surface area (Å²) in [6.07, 6.45) is 1.33. The molecule has 37 heavy (non-hydrogen) atoms. The smallest absolute Gasteiger partial charge is 0.258 e. The summed E-state index contributed by atoms with van der Waals surface area (Å²) in [5, 5.41) is 13.3. The lowest BCUT2D eigenvalue weighted by Crippen LogP contribution is -2.24. The van der Waals surface area contributed by atoms with Gasteiger partial charge in [-0.15, -0.1) is 22.0 Å². The number of carbonyl (C=O) groups excluding carboxylic acids is 2. The van der Waals surface area contributed by atoms with Crippen molar-refractivity contribution in [3.05, 3.63) is 99.5 Å². The number of hydrogen-bond acceptors (Lipinski definition) is 6. The van der Waals surface area contributed by atoms with Crippen molar-refractivity contribution in [3.63, 3.8) is 0 Å². The Morgan fingerprint density at radius 2 is 1.84 bits per heavy atom. The molecule has 188 valence electrons. The minimum atomic E-state index is -0.245. The van der Waals surface area contributed by atoms with Crippen molar-refractivity contribution in [2.45, 2.75) is 36.3 Å². The number of rotatable bonds is 8. The molecule has 1 N–H and O–H groups in total. The number of carbonyl (C=O) groups is 2. The SMILES string of the molecule is CCc1ccc(N2CC(c3nnc(NC(=O)c4ccccc4SCc4ccccc4Cl)s3)CC2=O)cc1. The molecule has 2 heterocycles. The van der Waals surface area contributed by atoms with Crippen LogP contribution in [-0.2, 0) is 17.0 Å². The van der Waals surface area contributed by atoms with Gasteiger partial charge in [0.1, 0.15) is 5.01 Å². The van der Waals surface area contributed by atoms with Gasteiger partial charge in [0, 0.05) is 40.2 Å². The van der Waals surface area contributed by atoms with Crippen LogP contribution in [0.15, 0.2) is 77.7 Å². The first kappa shape index (κ1) is 25.4. The number of benzene rings is 3. The molecule has 5 rings (SSSR count). The van der Waals surface area contributed by atoms with Gasteiger partial charge in [-0.1, -0.05) is 72.3 Å². The lowest BCUT2D eigenvalue weighted by molar-refractivity contribution is -0.117. The van der Waals surface area contributed by atoms with E-state index in [1.54, 1.807) is 22.7 Å². The largest absolute Gasteiger partial charge is 0.312 e. The van der Waals surface area contributed by atoms with Gasteiger partial charge >= 0.3 is 0 Å². The zero-order chi connectivity index (χ0) is 25.8. The first-order valence-electron chi connectivity index (χ1n) is 12.0. The number of nitrogens with one attached hydrogen (secondary N) is 1. The van der Waals surface area contributed by atoms with Crippen molar-refractivity contribution in [1.29, 1.82) is 0 Å². The Hall–Kier alpha value is -3.20. The third kappa shape index (κ3) is 5.87. The fourth-order valence-corrected chi connectivity index (χ4v) is 6.36. The van der Waals surface area contributed by atoms with E-state index < -0.39 is 0 Å². The summed E-state index contributed by atoms with van der Waals surface area (Å²) in [5.74, 6) is 0.421. The number of aryl methyl sites for hydroxylation is 1. The Kier molecular flexibility index (Phi) is 7.88. The van der Waals surface area contributed by atoms with Crippen molar-refractivity contribution in [2.75, 3.05) is 16.8 Å². The van der Waals surface area contributed by atoms with E-state index in [-0.39, 0.29) is 17.7 Å². The van der Waals surface area contributed by atoms with Crippen molar-refractivity contribution < 1.29 is 9.59 Å². The maximum atomic E-state index is 13.1. The summed E-state index contributed by atoms with van der Waals surface area (Å²) in [4.78, 5) is 28.5. The van der Waals surface area contributed by atoms with Crippen LogP contribution in [0.3, 0.4) is 0 Å². The number of nitrogens with zero attached hydrogens (tertiary/aromatic N) is 3. The first-order chi connectivity index (χ1) is 18.0. The van der Waals surface area contributed by atoms with E-state index in [4.69, 9.17) is 11.6 Å². The number of anilines is 2. The van der Waals surface area contributed by atoms with Crippen LogP contribution in [0.4, 0.5) is 10.8 Å². The Morgan fingerprint density at radius 1 is 1.08 bits per heavy atom. The fourth-order valence-electron chi connectivity index (χ4n) is 4.20. The number of hydrogen-bond donors (Lipinski definition) is 1. The summed E-state index contributed by atoms with van der Waals surface area (Å²) < 4.78 is 0. The Bertz CT molecular complexity index is 1420. The van der Waals surface area contributed by atoms with E-state index in [2.05, 4.69) is 34.6 Å². The molecule has 0 spiro atoms. The summed E-state index contributed by atoms with van der Waals surface area (Å²) in [6.45, 7) is 2.66. The molecule has 1 aliphatic heterocycles. The van der Waals surface area contributed by atoms with Crippen LogP contribution in [0.1, 0.15) is 45.8 Å². The van der Waals surface area contributed by atoms with Gasteiger partial charge in [-0.25, -0.2) is 0 Å². The Labute approximate surface area is 229 Å². The molecule has 1 aliphatic rings. The van der Waals surface area contributed by atoms with E-state index in [0.29, 0.717) is 34.4 Å². The van der Waals surface area contributed by atoms with Crippen LogP contribution in [0.2, 0.25) is 5.02 Å². The van der Waals surface area contributed by atoms with E-state index in [1.165, 1.54) is 16.9 Å². The van der Waals surface area contributed by atoms with Gasteiger partial charge < -0.3 is 4.90 Å². The molecular formula is C28H25ClN4O2S2. The minimum Gasteiger partial charge on any atom is -0.312 e. The van der Waals surface area contributed by atoms with Crippen LogP contribution in [0, 0.1) is 0 Å². The van der Waals surface area contributed by atoms with Gasteiger partial charge in [0.15, 0.2) is 0 Å². The highest BCUT2D eigenvalue weighted by Gasteiger charge is 2.34. The number of halogens is 1. The highest BCUT2D eigenvalue weighted by molar-refractivity contribution is 7.98. The van der Waals surface area contributed by atoms with E-state index in [1.807, 2.05) is 54.6 Å². The van der Waals surface area contributed by atoms with E-state index >= 15 is 0 Å². The van der Waals surface area contributed by atoms with Crippen LogP contribution in [0.5, 0.6) is 0 Å². The van der Waals surface area contributed by atoms with Crippen molar-refractivity contribution in [2.24, 2.45) is 0 Å². The molecule has 1 saturated heterocycles. The number of amides is 2. The number of thioether (sulfide) groups is 1. The minimum absolute atomic E-state index is 0.0556. The summed E-state index contributed by atoms with van der Waals surface area (Å²) >= 11 is 9.17. The molecule has 9 heteroatoms. The molecule has 0 bridgehead atoms. The first-order valence-corrected chi connectivity index (χ1v) is 14.2. The van der Waals surface area contributed by atoms with Gasteiger partial charge in [0.2, 0.25) is 11.0 Å². The molecule has 0 saturated carbocycles. The molecule has 1 fully saturated rings. The van der Waals surface area contributed by atoms with E-state index in [9.17, 15) is 9.59 Å². The molecule has 4 aromatic rings. The van der Waals surface area contributed by atoms with Crippen LogP contribution in [0.25, 0.3) is 0 Å². The molecule has 1 atom stereocenters. The molecule has 1 unspecified atom stereocenters. The second-order valence-corrected chi connectivity index (χ2v) is 11.1. The molecule has 3 aromatic carbocycles. The predicted molar refractivity (Wildman–Crippen MR) is 151 cm³/mol. The van der Waals surface area contributed by atoms with Crippen LogP contribution in [-0.4, -0.2) is 28.6 Å². The average molecular weight is 549 g/mol. The lowest BCUT2D eigenvalue weighted by atomic mass is 10.1. The Balaban J connectivity index is 1.24. The molecule has 6 nitrogen and oxygen atoms in total. The van der Waals surface area contributed by atoms with E-state index in [0.717, 1.165) is 27.6 Å². The molecule has 2 amide bonds. The highest BCUT2D eigenvalue weighted by atomic mass is 35.5. The zero-order valence-electron chi connectivity index (χ0n) is 20.2. The van der Waals surface area contributed by atoms with Gasteiger partial charge in [-0.05, 0) is 47.9 Å². The topological polar surface area (TPSA) is 75.2 Å². The molecular weight excluding hydrogens is 524 g/mol. The maximum absolute atomic E-state index is 13.1. The maximum Gasteiger partial charge on any atom is 0.258 e. The molecule has 0 radical (unpaired) electrons. The van der Waals surface area contributed by atoms with Crippen molar-refractivity contribution in [3.8, 4) is 0 Å². The summed E-state index contributed by atoms with van der Waals surface area (Å²) in [5.41, 5.74) is 3.71. The van der Waals surface area contributed by atoms with Crippen LogP contribution >= 0.6 is 34.7 Å². The fraction of sp³-hybridized carbons (Fsp3) is 0.214. The average Bonchev–Trinajstić information content (AvgIpc) is 3.55. The molecule has 1 aromatic heterocycles. The third-order valence-corrected chi connectivity index (χ3v) is 8.76. The van der Waals surface area contributed by atoms with Crippen LogP contribution < -0.4 is 10.2 Å². The monoisotopic (exact) mass is 548 g/mol. The summed E-state index contributed by atoms with van der Waals surface area (Å²) in [6, 6.07) is 23.3. The third-order valence-electron chi connectivity index (χ3n) is 6.26. The van der Waals surface area contributed by atoms with Gasteiger partial charge in [0.05, 0.1) is 5.56 Å². The molecule has 0 aliphatic carbocycles.